The summed E-state index contributed by atoms with van der Waals surface area (Å²) in [6.45, 7) is -0.384. The molecule has 0 radical (unpaired) electrons. The molecule has 2 aromatic carbocycles. The van der Waals surface area contributed by atoms with E-state index in [2.05, 4.69) is 9.97 Å². The summed E-state index contributed by atoms with van der Waals surface area (Å²) in [5.74, 6) is -2.65. The Morgan fingerprint density at radius 3 is 2.47 bits per heavy atom. The summed E-state index contributed by atoms with van der Waals surface area (Å²) >= 11 is 0. The standard InChI is InChI=1S/C33H34F3N5O6/c1-39(2)30(43)10-6-5-9-27(47-33(45)40(3)4)26(42)14-20-8-7-13-41(32(20)44)18-29-37-25-16-23(35)17-28(31(25)38-29)46-19-21-11-12-22(34)15-24(21)36/h6-8,10-13,15-17,27H,5,9,14,18-19H2,1-4H3,(H,37,38)/b10-6+/t27-/m0/s1. The number of aromatic nitrogens is 3. The number of fused-ring (bicyclic) bond motifs is 1. The number of rotatable bonds is 13. The minimum atomic E-state index is -1.16. The SMILES string of the molecule is CN(C)C(=O)/C=C/CC[C@H](OC(=O)N(C)C)C(=O)Cc1cccn(Cc2nc3c(OCc4ccc(F)cc4F)cc(F)cc3[nH]2)c1=O. The van der Waals surface area contributed by atoms with Crippen LogP contribution in [0.25, 0.3) is 11.0 Å². The number of pyridine rings is 1. The summed E-state index contributed by atoms with van der Waals surface area (Å²) in [4.78, 5) is 60.7. The van der Waals surface area contributed by atoms with Crippen LogP contribution < -0.4 is 10.3 Å². The predicted molar refractivity (Wildman–Crippen MR) is 166 cm³/mol. The van der Waals surface area contributed by atoms with Gasteiger partial charge in [0.2, 0.25) is 5.91 Å². The number of carbonyl (C=O) groups excluding carboxylic acids is 3. The second kappa shape index (κ2) is 15.3. The number of likely N-dealkylation sites (N-methyl/N-ethyl adjacent to an activating group) is 1. The molecule has 0 unspecified atom stereocenters. The highest BCUT2D eigenvalue weighted by Gasteiger charge is 2.25. The van der Waals surface area contributed by atoms with Crippen LogP contribution in [0.3, 0.4) is 0 Å². The highest BCUT2D eigenvalue weighted by atomic mass is 19.1. The number of hydrogen-bond acceptors (Lipinski definition) is 7. The second-order valence-electron chi connectivity index (χ2n) is 11.1. The van der Waals surface area contributed by atoms with Crippen LogP contribution in [0, 0.1) is 17.5 Å². The zero-order chi connectivity index (χ0) is 34.2. The topological polar surface area (TPSA) is 127 Å². The molecule has 2 heterocycles. The number of ketones is 1. The van der Waals surface area contributed by atoms with Crippen LogP contribution in [0.15, 0.2) is 65.6 Å². The highest BCUT2D eigenvalue weighted by Crippen LogP contribution is 2.27. The number of halogens is 3. The van der Waals surface area contributed by atoms with Gasteiger partial charge in [-0.3, -0.25) is 14.4 Å². The molecule has 1 atom stereocenters. The molecule has 0 aliphatic carbocycles. The lowest BCUT2D eigenvalue weighted by atomic mass is 10.0. The van der Waals surface area contributed by atoms with Crippen molar-refractivity contribution >= 4 is 28.8 Å². The normalized spacial score (nSPS) is 11.9. The van der Waals surface area contributed by atoms with Crippen molar-refractivity contribution < 1.29 is 37.0 Å². The van der Waals surface area contributed by atoms with Gasteiger partial charge in [-0.1, -0.05) is 12.1 Å². The lowest BCUT2D eigenvalue weighted by Gasteiger charge is -2.19. The fraction of sp³-hybridized carbons (Fsp3) is 0.303. The fourth-order valence-electron chi connectivity index (χ4n) is 4.48. The molecule has 0 aliphatic heterocycles. The lowest BCUT2D eigenvalue weighted by Crippen LogP contribution is -2.35. The van der Waals surface area contributed by atoms with E-state index in [4.69, 9.17) is 9.47 Å². The summed E-state index contributed by atoms with van der Waals surface area (Å²) in [5.41, 5.74) is 0.210. The molecule has 14 heteroatoms. The van der Waals surface area contributed by atoms with E-state index in [1.165, 1.54) is 58.9 Å². The van der Waals surface area contributed by atoms with Gasteiger partial charge < -0.3 is 28.8 Å². The summed E-state index contributed by atoms with van der Waals surface area (Å²) < 4.78 is 54.1. The summed E-state index contributed by atoms with van der Waals surface area (Å²) in [5, 5.41) is 0. The maximum atomic E-state index is 14.4. The third-order valence-corrected chi connectivity index (χ3v) is 7.01. The van der Waals surface area contributed by atoms with Crippen LogP contribution in [-0.4, -0.2) is 76.4 Å². The third kappa shape index (κ3) is 9.08. The predicted octanol–water partition coefficient (Wildman–Crippen LogP) is 4.37. The number of nitrogens with zero attached hydrogens (tertiary/aromatic N) is 4. The average molecular weight is 654 g/mol. The lowest BCUT2D eigenvalue weighted by molar-refractivity contribution is -0.127. The van der Waals surface area contributed by atoms with Gasteiger partial charge in [0.15, 0.2) is 17.6 Å². The van der Waals surface area contributed by atoms with Crippen LogP contribution in [0.1, 0.15) is 29.8 Å². The largest absolute Gasteiger partial charge is 0.486 e. The Balaban J connectivity index is 1.50. The monoisotopic (exact) mass is 653 g/mol. The number of nitrogens with one attached hydrogen (secondary N) is 1. The second-order valence-corrected chi connectivity index (χ2v) is 11.1. The molecule has 0 saturated heterocycles. The number of allylic oxidation sites excluding steroid dienone is 1. The quantitative estimate of drug-likeness (QED) is 0.212. The van der Waals surface area contributed by atoms with Crippen LogP contribution in [0.4, 0.5) is 18.0 Å². The van der Waals surface area contributed by atoms with Crippen LogP contribution >= 0.6 is 0 Å². The van der Waals surface area contributed by atoms with Crippen molar-refractivity contribution in [3.8, 4) is 5.75 Å². The molecule has 4 rings (SSSR count). The van der Waals surface area contributed by atoms with E-state index in [0.29, 0.717) is 0 Å². The summed E-state index contributed by atoms with van der Waals surface area (Å²) in [6.07, 6.45) is 2.59. The van der Waals surface area contributed by atoms with Crippen molar-refractivity contribution in [2.45, 2.75) is 38.5 Å². The number of imidazole rings is 1. The van der Waals surface area contributed by atoms with Crippen LogP contribution in [-0.2, 0) is 33.9 Å². The zero-order valence-electron chi connectivity index (χ0n) is 26.3. The minimum Gasteiger partial charge on any atom is -0.486 e. The molecule has 0 fully saturated rings. The first-order chi connectivity index (χ1) is 22.3. The Labute approximate surface area is 268 Å². The first kappa shape index (κ1) is 34.5. The molecule has 47 heavy (non-hydrogen) atoms. The van der Waals surface area contributed by atoms with Gasteiger partial charge in [0.05, 0.1) is 12.1 Å². The van der Waals surface area contributed by atoms with Gasteiger partial charge >= 0.3 is 6.09 Å². The van der Waals surface area contributed by atoms with Gasteiger partial charge in [-0.05, 0) is 43.2 Å². The van der Waals surface area contributed by atoms with Gasteiger partial charge in [0.1, 0.15) is 35.4 Å². The van der Waals surface area contributed by atoms with Gasteiger partial charge in [-0.25, -0.2) is 22.9 Å². The Hall–Kier alpha value is -5.40. The number of aromatic amines is 1. The van der Waals surface area contributed by atoms with Gasteiger partial charge in [-0.15, -0.1) is 0 Å². The van der Waals surface area contributed by atoms with Gasteiger partial charge in [0, 0.05) is 64.1 Å². The van der Waals surface area contributed by atoms with E-state index >= 15 is 0 Å². The molecule has 2 amide bonds. The Morgan fingerprint density at radius 2 is 1.77 bits per heavy atom. The average Bonchev–Trinajstić information content (AvgIpc) is 3.41. The van der Waals surface area contributed by atoms with Crippen molar-refractivity contribution in [1.82, 2.24) is 24.3 Å². The Bertz CT molecular complexity index is 1870. The van der Waals surface area contributed by atoms with E-state index in [1.54, 1.807) is 26.2 Å². The Morgan fingerprint density at radius 1 is 1.00 bits per heavy atom. The van der Waals surface area contributed by atoms with E-state index in [1.807, 2.05) is 0 Å². The minimum absolute atomic E-state index is 0.0113. The number of benzene rings is 2. The van der Waals surface area contributed by atoms with Crippen molar-refractivity contribution in [1.29, 1.82) is 0 Å². The maximum Gasteiger partial charge on any atom is 0.409 e. The fourth-order valence-corrected chi connectivity index (χ4v) is 4.48. The van der Waals surface area contributed by atoms with E-state index in [-0.39, 0.29) is 72.1 Å². The smallest absolute Gasteiger partial charge is 0.409 e. The zero-order valence-corrected chi connectivity index (χ0v) is 26.3. The molecular formula is C33H34F3N5O6. The maximum absolute atomic E-state index is 14.4. The van der Waals surface area contributed by atoms with Gasteiger partial charge in [0.25, 0.3) is 5.56 Å². The molecule has 4 aromatic rings. The molecular weight excluding hydrogens is 619 g/mol. The number of amides is 2. The van der Waals surface area contributed by atoms with Crippen molar-refractivity contribution in [2.75, 3.05) is 28.2 Å². The molecule has 11 nitrogen and oxygen atoms in total. The highest BCUT2D eigenvalue weighted by molar-refractivity contribution is 5.88. The molecule has 1 N–H and O–H groups in total. The molecule has 0 bridgehead atoms. The van der Waals surface area contributed by atoms with Crippen LogP contribution in [0.5, 0.6) is 5.75 Å². The van der Waals surface area contributed by atoms with E-state index in [9.17, 15) is 32.3 Å². The number of carbonyl (C=O) groups is 3. The molecule has 2 aromatic heterocycles. The van der Waals surface area contributed by atoms with Crippen molar-refractivity contribution in [3.05, 3.63) is 106 Å². The number of hydrogen-bond donors (Lipinski definition) is 1. The summed E-state index contributed by atoms with van der Waals surface area (Å²) in [7, 11) is 6.15. The van der Waals surface area contributed by atoms with E-state index < -0.39 is 41.0 Å². The molecule has 0 saturated carbocycles. The summed E-state index contributed by atoms with van der Waals surface area (Å²) in [6, 6.07) is 8.37. The number of ether oxygens (including phenoxy) is 2. The first-order valence-electron chi connectivity index (χ1n) is 14.5. The van der Waals surface area contributed by atoms with E-state index in [0.717, 1.165) is 18.2 Å². The Kier molecular flexibility index (Phi) is 11.2. The molecule has 0 aliphatic rings. The van der Waals surface area contributed by atoms with Crippen molar-refractivity contribution in [3.63, 3.8) is 0 Å². The van der Waals surface area contributed by atoms with Gasteiger partial charge in [-0.2, -0.15) is 0 Å². The molecule has 248 valence electrons. The van der Waals surface area contributed by atoms with Crippen molar-refractivity contribution in [2.24, 2.45) is 0 Å². The number of H-pyrrole nitrogens is 1. The van der Waals surface area contributed by atoms with Crippen LogP contribution in [0.2, 0.25) is 0 Å². The first-order valence-corrected chi connectivity index (χ1v) is 14.5. The molecule has 0 spiro atoms. The third-order valence-electron chi connectivity index (χ3n) is 7.01. The number of Topliss-reactive ketones (excluding diaryl/α,β-unsaturated/α-hetero) is 1.